The standard InChI is InChI=1S/C13H27NO7Si/c1-6-9(2)20-11(17)13(14,7-10(15)16)8-22-21-12(3,18-4)19-5/h9H,6-8,14,22H2,1-5H3,(H,15,16). The molecule has 0 radical (unpaired) electrons. The molecule has 2 atom stereocenters. The van der Waals surface area contributed by atoms with Gasteiger partial charge in [-0.15, -0.1) is 0 Å². The van der Waals surface area contributed by atoms with Crippen LogP contribution in [0.15, 0.2) is 0 Å². The zero-order valence-corrected chi connectivity index (χ0v) is 15.3. The van der Waals surface area contributed by atoms with Crippen molar-refractivity contribution in [1.29, 1.82) is 0 Å². The molecule has 0 aromatic rings. The molecule has 9 heteroatoms. The van der Waals surface area contributed by atoms with Gasteiger partial charge in [0.15, 0.2) is 9.76 Å². The molecule has 130 valence electrons. The predicted molar refractivity (Wildman–Crippen MR) is 81.9 cm³/mol. The number of ether oxygens (including phenoxy) is 3. The summed E-state index contributed by atoms with van der Waals surface area (Å²) in [6, 6.07) is 0.0941. The van der Waals surface area contributed by atoms with Crippen LogP contribution in [0.4, 0.5) is 0 Å². The van der Waals surface area contributed by atoms with Crippen molar-refractivity contribution in [2.24, 2.45) is 5.73 Å². The summed E-state index contributed by atoms with van der Waals surface area (Å²) >= 11 is 0. The van der Waals surface area contributed by atoms with Crippen LogP contribution in [-0.2, 0) is 28.2 Å². The van der Waals surface area contributed by atoms with Crippen LogP contribution in [-0.4, -0.2) is 58.6 Å². The van der Waals surface area contributed by atoms with Crippen LogP contribution in [0.3, 0.4) is 0 Å². The Labute approximate surface area is 133 Å². The smallest absolute Gasteiger partial charge is 0.326 e. The molecule has 0 bridgehead atoms. The molecule has 0 spiro atoms. The van der Waals surface area contributed by atoms with Gasteiger partial charge in [0.1, 0.15) is 5.54 Å². The molecule has 0 aliphatic carbocycles. The Morgan fingerprint density at radius 3 is 2.27 bits per heavy atom. The van der Waals surface area contributed by atoms with E-state index in [4.69, 9.17) is 29.5 Å². The van der Waals surface area contributed by atoms with Gasteiger partial charge in [-0.05, 0) is 19.4 Å². The van der Waals surface area contributed by atoms with Crippen LogP contribution in [0.1, 0.15) is 33.6 Å². The summed E-state index contributed by atoms with van der Waals surface area (Å²) in [4.78, 5) is 23.1. The highest BCUT2D eigenvalue weighted by molar-refractivity contribution is 6.29. The monoisotopic (exact) mass is 337 g/mol. The first-order valence-corrected chi connectivity index (χ1v) is 8.66. The van der Waals surface area contributed by atoms with E-state index in [1.165, 1.54) is 14.2 Å². The fourth-order valence-corrected chi connectivity index (χ4v) is 2.99. The second-order valence-electron chi connectivity index (χ2n) is 5.22. The van der Waals surface area contributed by atoms with Crippen molar-refractivity contribution in [2.75, 3.05) is 14.2 Å². The number of carbonyl (C=O) groups is 2. The van der Waals surface area contributed by atoms with E-state index in [1.807, 2.05) is 6.92 Å². The summed E-state index contributed by atoms with van der Waals surface area (Å²) in [6.07, 6.45) is -0.223. The fraction of sp³-hybridized carbons (Fsp3) is 0.846. The minimum atomic E-state index is -1.61. The number of aliphatic carboxylic acids is 1. The van der Waals surface area contributed by atoms with Gasteiger partial charge in [0.05, 0.1) is 12.5 Å². The lowest BCUT2D eigenvalue weighted by Gasteiger charge is -2.30. The van der Waals surface area contributed by atoms with Crippen molar-refractivity contribution in [1.82, 2.24) is 0 Å². The molecular formula is C13H27NO7Si. The molecule has 0 aromatic heterocycles. The summed E-state index contributed by atoms with van der Waals surface area (Å²) in [5.41, 5.74) is 4.37. The topological polar surface area (TPSA) is 117 Å². The van der Waals surface area contributed by atoms with Crippen LogP contribution in [0.2, 0.25) is 6.04 Å². The average molecular weight is 337 g/mol. The summed E-state index contributed by atoms with van der Waals surface area (Å²) < 4.78 is 20.8. The number of methoxy groups -OCH3 is 2. The quantitative estimate of drug-likeness (QED) is 0.307. The van der Waals surface area contributed by atoms with E-state index in [2.05, 4.69) is 0 Å². The lowest BCUT2D eigenvalue weighted by atomic mass is 9.99. The molecule has 0 aromatic carbocycles. The van der Waals surface area contributed by atoms with Crippen molar-refractivity contribution >= 4 is 21.7 Å². The molecule has 22 heavy (non-hydrogen) atoms. The Kier molecular flexibility index (Phi) is 8.79. The van der Waals surface area contributed by atoms with Crippen LogP contribution in [0.25, 0.3) is 0 Å². The van der Waals surface area contributed by atoms with Crippen molar-refractivity contribution in [3.05, 3.63) is 0 Å². The lowest BCUT2D eigenvalue weighted by molar-refractivity contribution is -0.310. The molecule has 0 amide bonds. The summed E-state index contributed by atoms with van der Waals surface area (Å²) in [5, 5.41) is 8.98. The molecule has 3 N–H and O–H groups in total. The fourth-order valence-electron chi connectivity index (χ4n) is 1.54. The van der Waals surface area contributed by atoms with E-state index in [0.717, 1.165) is 0 Å². The Morgan fingerprint density at radius 2 is 1.86 bits per heavy atom. The van der Waals surface area contributed by atoms with Gasteiger partial charge in [-0.2, -0.15) is 0 Å². The average Bonchev–Trinajstić information content (AvgIpc) is 2.45. The van der Waals surface area contributed by atoms with Gasteiger partial charge in [-0.3, -0.25) is 9.59 Å². The third-order valence-electron chi connectivity index (χ3n) is 3.41. The Hall–Kier alpha value is -1.00. The van der Waals surface area contributed by atoms with Crippen LogP contribution < -0.4 is 5.73 Å². The number of carboxylic acids is 1. The first kappa shape index (κ1) is 21.0. The van der Waals surface area contributed by atoms with Crippen molar-refractivity contribution in [3.8, 4) is 0 Å². The number of nitrogens with two attached hydrogens (primary N) is 1. The number of hydrogen-bond acceptors (Lipinski definition) is 7. The van der Waals surface area contributed by atoms with Crippen molar-refractivity contribution < 1.29 is 33.3 Å². The summed E-state index contributed by atoms with van der Waals surface area (Å²) in [6.45, 7) is 5.15. The first-order chi connectivity index (χ1) is 10.1. The van der Waals surface area contributed by atoms with Crippen LogP contribution in [0, 0.1) is 0 Å². The molecule has 0 saturated heterocycles. The van der Waals surface area contributed by atoms with E-state index in [9.17, 15) is 9.59 Å². The number of hydrogen-bond donors (Lipinski definition) is 2. The number of carboxylic acid groups (broad SMARTS) is 1. The largest absolute Gasteiger partial charge is 0.481 e. The highest BCUT2D eigenvalue weighted by Gasteiger charge is 2.39. The van der Waals surface area contributed by atoms with E-state index in [1.54, 1.807) is 13.8 Å². The molecule has 0 fully saturated rings. The number of esters is 1. The van der Waals surface area contributed by atoms with E-state index >= 15 is 0 Å². The maximum absolute atomic E-state index is 12.2. The van der Waals surface area contributed by atoms with E-state index in [-0.39, 0.29) is 12.1 Å². The third kappa shape index (κ3) is 6.84. The number of rotatable bonds is 11. The zero-order valence-electron chi connectivity index (χ0n) is 13.9. The van der Waals surface area contributed by atoms with Gasteiger partial charge in [0.2, 0.25) is 0 Å². The van der Waals surface area contributed by atoms with Gasteiger partial charge in [-0.25, -0.2) is 0 Å². The minimum absolute atomic E-state index is 0.0941. The number of carbonyl (C=O) groups excluding carboxylic acids is 1. The highest BCUT2D eigenvalue weighted by Crippen LogP contribution is 2.19. The first-order valence-electron chi connectivity index (χ1n) is 7.08. The third-order valence-corrected chi connectivity index (χ3v) is 5.24. The van der Waals surface area contributed by atoms with Crippen molar-refractivity contribution in [2.45, 2.75) is 57.3 Å². The van der Waals surface area contributed by atoms with Gasteiger partial charge < -0.3 is 29.5 Å². The van der Waals surface area contributed by atoms with E-state index in [0.29, 0.717) is 6.42 Å². The SMILES string of the molecule is CCC(C)OC(=O)C(N)(C[SiH2]OC(C)(OC)OC)CC(=O)O. The normalized spacial score (nSPS) is 16.5. The second kappa shape index (κ2) is 9.21. The van der Waals surface area contributed by atoms with Crippen LogP contribution >= 0.6 is 0 Å². The van der Waals surface area contributed by atoms with Crippen molar-refractivity contribution in [3.63, 3.8) is 0 Å². The van der Waals surface area contributed by atoms with Gasteiger partial charge in [0, 0.05) is 21.1 Å². The Morgan fingerprint density at radius 1 is 1.32 bits per heavy atom. The van der Waals surface area contributed by atoms with Gasteiger partial charge in [-0.1, -0.05) is 6.92 Å². The lowest BCUT2D eigenvalue weighted by Crippen LogP contribution is -2.52. The molecule has 0 aliphatic heterocycles. The molecule has 0 saturated carbocycles. The predicted octanol–water partition coefficient (Wildman–Crippen LogP) is -0.0145. The molecule has 0 heterocycles. The molecule has 8 nitrogen and oxygen atoms in total. The van der Waals surface area contributed by atoms with Gasteiger partial charge >= 0.3 is 11.9 Å². The molecule has 0 aliphatic rings. The Balaban J connectivity index is 4.82. The maximum atomic E-state index is 12.2. The molecule has 2 unspecified atom stereocenters. The summed E-state index contributed by atoms with van der Waals surface area (Å²) in [7, 11) is 1.45. The minimum Gasteiger partial charge on any atom is -0.481 e. The maximum Gasteiger partial charge on any atom is 0.326 e. The van der Waals surface area contributed by atoms with E-state index < -0.39 is 39.6 Å². The Bertz CT molecular complexity index is 375. The highest BCUT2D eigenvalue weighted by atomic mass is 28.2. The second-order valence-corrected chi connectivity index (χ2v) is 6.42. The molecule has 0 rings (SSSR count). The van der Waals surface area contributed by atoms with Gasteiger partial charge in [0.25, 0.3) is 5.97 Å². The van der Waals surface area contributed by atoms with Crippen LogP contribution in [0.5, 0.6) is 0 Å². The summed E-state index contributed by atoms with van der Waals surface area (Å²) in [5.74, 6) is -3.12. The molecular weight excluding hydrogens is 310 g/mol. The zero-order chi connectivity index (χ0) is 17.4.